The molecule has 0 aliphatic rings. The SMILES string of the molecule is [2H]C([2H])([2H])c1ccc2c(n1)oc1c(-c3cc(-c4ccc(-c5ccccc5)cc4)ccn3)[c-]ccc12.[2H]C([2H])(c1cc(-c2ccccn2)[c-]cc1F)C(F)(F)F.[Ir]. The fourth-order valence-corrected chi connectivity index (χ4v) is 5.44. The Kier molecular flexibility index (Phi) is 8.70. The van der Waals surface area contributed by atoms with Crippen molar-refractivity contribution in [3.8, 4) is 44.8 Å². The van der Waals surface area contributed by atoms with Crippen LogP contribution in [-0.2, 0) is 26.5 Å². The summed E-state index contributed by atoms with van der Waals surface area (Å²) in [5.74, 6) is -1.30. The van der Waals surface area contributed by atoms with Crippen LogP contribution in [0.1, 0.15) is 18.1 Å². The van der Waals surface area contributed by atoms with Gasteiger partial charge >= 0.3 is 6.18 Å². The molecule has 0 saturated carbocycles. The molecule has 0 bridgehead atoms. The zero-order chi connectivity index (χ0) is 39.0. The van der Waals surface area contributed by atoms with Crippen molar-refractivity contribution in [3.05, 3.63) is 163 Å². The van der Waals surface area contributed by atoms with Crippen molar-refractivity contribution in [1.29, 1.82) is 0 Å². The summed E-state index contributed by atoms with van der Waals surface area (Å²) in [6.45, 7) is -2.30. The van der Waals surface area contributed by atoms with E-state index in [9.17, 15) is 17.6 Å². The maximum atomic E-state index is 13.5. The Balaban J connectivity index is 0.000000217. The summed E-state index contributed by atoms with van der Waals surface area (Å²) in [5, 5.41) is 1.61. The second-order valence-corrected chi connectivity index (χ2v) is 11.1. The third-order valence-corrected chi connectivity index (χ3v) is 7.76. The maximum absolute atomic E-state index is 13.5. The molecule has 4 aromatic carbocycles. The molecule has 0 atom stereocenters. The zero-order valence-corrected chi connectivity index (χ0v) is 28.7. The molecule has 0 unspecified atom stereocenters. The average molecular weight is 863 g/mol. The van der Waals surface area contributed by atoms with Crippen LogP contribution >= 0.6 is 0 Å². The standard InChI is InChI=1S/C29H19N2O.C13H8F4N.Ir/c1-19-10-15-25-24-8-5-9-26(28(24)32-29(25)31-19)27-18-23(16-17-30-27)22-13-11-21(12-14-22)20-6-3-2-4-7-20;14-11-5-4-9(12-3-1-2-6-18-12)7-10(11)8-13(15,16)17;/h2-8,10-18H,1H3;1-3,5-7H,8H2;/q2*-1;/i1D3;8D2;. The predicted octanol–water partition coefficient (Wildman–Crippen LogP) is 11.3. The average Bonchev–Trinajstić information content (AvgIpc) is 3.57. The van der Waals surface area contributed by atoms with Crippen LogP contribution < -0.4 is 0 Å². The van der Waals surface area contributed by atoms with Crippen LogP contribution in [0.2, 0.25) is 0 Å². The molecule has 51 heavy (non-hydrogen) atoms. The number of pyridine rings is 3. The number of alkyl halides is 3. The van der Waals surface area contributed by atoms with Gasteiger partial charge in [-0.3, -0.25) is 4.39 Å². The molecule has 4 heterocycles. The molecule has 4 aromatic heterocycles. The fraction of sp³-hybridized carbons (Fsp3) is 0.0714. The van der Waals surface area contributed by atoms with E-state index in [1.165, 1.54) is 23.9 Å². The summed E-state index contributed by atoms with van der Waals surface area (Å²) >= 11 is 0. The van der Waals surface area contributed by atoms with E-state index in [1.807, 2.05) is 42.5 Å². The quantitative estimate of drug-likeness (QED) is 0.128. The van der Waals surface area contributed by atoms with Crippen molar-refractivity contribution in [2.75, 3.05) is 0 Å². The van der Waals surface area contributed by atoms with Gasteiger partial charge in [0.15, 0.2) is 0 Å². The molecule has 0 saturated heterocycles. The van der Waals surface area contributed by atoms with E-state index in [2.05, 4.69) is 63.5 Å². The molecule has 255 valence electrons. The van der Waals surface area contributed by atoms with Crippen LogP contribution in [0, 0.1) is 24.8 Å². The van der Waals surface area contributed by atoms with Gasteiger partial charge in [0.1, 0.15) is 0 Å². The first kappa shape index (κ1) is 29.3. The Morgan fingerprint density at radius 3 is 2.20 bits per heavy atom. The van der Waals surface area contributed by atoms with E-state index in [0.29, 0.717) is 22.9 Å². The molecule has 8 rings (SSSR count). The van der Waals surface area contributed by atoms with E-state index in [4.69, 9.17) is 11.3 Å². The van der Waals surface area contributed by atoms with Crippen LogP contribution in [0.15, 0.2) is 138 Å². The first-order chi connectivity index (χ1) is 26.2. The number of hydrogen-bond acceptors (Lipinski definition) is 4. The summed E-state index contributed by atoms with van der Waals surface area (Å²) in [6.07, 6.45) is -5.80. The van der Waals surface area contributed by atoms with Gasteiger partial charge in [0.25, 0.3) is 0 Å². The first-order valence-corrected chi connectivity index (χ1v) is 15.3. The normalized spacial score (nSPS) is 13.1. The van der Waals surface area contributed by atoms with Crippen LogP contribution in [0.3, 0.4) is 0 Å². The van der Waals surface area contributed by atoms with Gasteiger partial charge in [-0.1, -0.05) is 89.3 Å². The van der Waals surface area contributed by atoms with E-state index in [0.717, 1.165) is 39.2 Å². The molecular formula is C42H27F4IrN3O-2. The van der Waals surface area contributed by atoms with Crippen LogP contribution in [0.4, 0.5) is 17.6 Å². The fourth-order valence-electron chi connectivity index (χ4n) is 5.44. The number of fused-ring (bicyclic) bond motifs is 3. The van der Waals surface area contributed by atoms with E-state index in [-0.39, 0.29) is 37.1 Å². The van der Waals surface area contributed by atoms with Crippen molar-refractivity contribution >= 4 is 22.1 Å². The van der Waals surface area contributed by atoms with Gasteiger partial charge in [-0.05, 0) is 64.8 Å². The zero-order valence-electron chi connectivity index (χ0n) is 31.3. The smallest absolute Gasteiger partial charge is 0.391 e. The van der Waals surface area contributed by atoms with Crippen molar-refractivity contribution in [1.82, 2.24) is 15.0 Å². The van der Waals surface area contributed by atoms with Gasteiger partial charge in [0.2, 0.25) is 5.71 Å². The monoisotopic (exact) mass is 863 g/mol. The molecule has 4 nitrogen and oxygen atoms in total. The number of nitrogens with zero attached hydrogens (tertiary/aromatic N) is 3. The summed E-state index contributed by atoms with van der Waals surface area (Å²) < 4.78 is 94.7. The molecule has 1 radical (unpaired) electrons. The van der Waals surface area contributed by atoms with Crippen LogP contribution in [-0.4, -0.2) is 21.1 Å². The largest absolute Gasteiger partial charge is 0.486 e. The van der Waals surface area contributed by atoms with E-state index >= 15 is 0 Å². The van der Waals surface area contributed by atoms with E-state index in [1.54, 1.807) is 24.4 Å². The summed E-state index contributed by atoms with van der Waals surface area (Å²) in [6, 6.07) is 41.6. The van der Waals surface area contributed by atoms with Crippen molar-refractivity contribution in [2.45, 2.75) is 19.4 Å². The number of halogens is 4. The number of benzene rings is 4. The number of furan rings is 1. The molecule has 0 aliphatic heterocycles. The Labute approximate surface area is 312 Å². The second-order valence-electron chi connectivity index (χ2n) is 11.1. The molecular weight excluding hydrogens is 831 g/mol. The van der Waals surface area contributed by atoms with Gasteiger partial charge in [-0.2, -0.15) is 13.2 Å². The molecule has 9 heteroatoms. The summed E-state index contributed by atoms with van der Waals surface area (Å²) in [7, 11) is 0. The van der Waals surface area contributed by atoms with Gasteiger partial charge in [-0.15, -0.1) is 42.0 Å². The molecule has 0 fully saturated rings. The summed E-state index contributed by atoms with van der Waals surface area (Å²) in [5.41, 5.74) is 6.05. The second kappa shape index (κ2) is 15.2. The predicted molar refractivity (Wildman–Crippen MR) is 187 cm³/mol. The van der Waals surface area contributed by atoms with Crippen LogP contribution in [0.5, 0.6) is 0 Å². The number of rotatable bonds is 5. The van der Waals surface area contributed by atoms with E-state index < -0.39 is 30.8 Å². The molecule has 8 aromatic rings. The number of hydrogen-bond donors (Lipinski definition) is 0. The van der Waals surface area contributed by atoms with Gasteiger partial charge < -0.3 is 14.4 Å². The van der Waals surface area contributed by atoms with Gasteiger partial charge in [0, 0.05) is 56.3 Å². The minimum absolute atomic E-state index is 0. The number of aryl methyl sites for hydroxylation is 1. The minimum Gasteiger partial charge on any atom is -0.486 e. The maximum Gasteiger partial charge on any atom is 0.391 e. The topological polar surface area (TPSA) is 51.8 Å². The summed E-state index contributed by atoms with van der Waals surface area (Å²) in [4.78, 5) is 12.7. The van der Waals surface area contributed by atoms with Gasteiger partial charge in [0.05, 0.1) is 12.0 Å². The van der Waals surface area contributed by atoms with Gasteiger partial charge in [-0.25, -0.2) is 4.98 Å². The third-order valence-electron chi connectivity index (χ3n) is 7.76. The molecule has 0 spiro atoms. The van der Waals surface area contributed by atoms with Crippen molar-refractivity contribution in [3.63, 3.8) is 0 Å². The third kappa shape index (κ3) is 8.12. The number of aromatic nitrogens is 3. The Morgan fingerprint density at radius 2 is 1.47 bits per heavy atom. The molecule has 0 amide bonds. The Morgan fingerprint density at radius 1 is 0.745 bits per heavy atom. The van der Waals surface area contributed by atoms with Crippen LogP contribution in [0.25, 0.3) is 66.8 Å². The Bertz CT molecular complexity index is 2620. The molecule has 0 N–H and O–H groups in total. The first-order valence-electron chi connectivity index (χ1n) is 17.8. The van der Waals surface area contributed by atoms with Crippen molar-refractivity contribution < 1.29 is 48.9 Å². The molecule has 0 aliphatic carbocycles. The minimum atomic E-state index is -5.21. The van der Waals surface area contributed by atoms with Crippen molar-refractivity contribution in [2.24, 2.45) is 0 Å². The Hall–Kier alpha value is -5.50.